The normalized spacial score (nSPS) is 29.5. The predicted octanol–water partition coefficient (Wildman–Crippen LogP) is 1.26. The number of amides is 1. The zero-order chi connectivity index (χ0) is 12.8. The SMILES string of the molecule is O=C(O)[C@@H]1CCN(C(=O)C(F)(F)F)[C@H]1C1CC1. The lowest BCUT2D eigenvalue weighted by atomic mass is 9.96. The number of rotatable bonds is 2. The van der Waals surface area contributed by atoms with Crippen LogP contribution < -0.4 is 0 Å². The van der Waals surface area contributed by atoms with Gasteiger partial charge in [0, 0.05) is 12.6 Å². The van der Waals surface area contributed by atoms with Crippen molar-refractivity contribution in [3.05, 3.63) is 0 Å². The van der Waals surface area contributed by atoms with E-state index < -0.39 is 30.0 Å². The summed E-state index contributed by atoms with van der Waals surface area (Å²) < 4.78 is 37.0. The first kappa shape index (κ1) is 12.2. The molecule has 1 heterocycles. The van der Waals surface area contributed by atoms with E-state index in [4.69, 9.17) is 5.11 Å². The van der Waals surface area contributed by atoms with Crippen molar-refractivity contribution >= 4 is 11.9 Å². The Kier molecular flexibility index (Phi) is 2.79. The molecule has 1 amide bonds. The van der Waals surface area contributed by atoms with Crippen molar-refractivity contribution in [3.8, 4) is 0 Å². The Balaban J connectivity index is 2.18. The molecule has 0 bridgehead atoms. The van der Waals surface area contributed by atoms with Crippen molar-refractivity contribution in [2.45, 2.75) is 31.5 Å². The highest BCUT2D eigenvalue weighted by Gasteiger charge is 2.54. The molecule has 17 heavy (non-hydrogen) atoms. The summed E-state index contributed by atoms with van der Waals surface area (Å²) in [5.41, 5.74) is 0. The third-order valence-electron chi connectivity index (χ3n) is 3.38. The standard InChI is InChI=1S/C10H12F3NO3/c11-10(12,13)9(17)14-4-3-6(8(15)16)7(14)5-1-2-5/h5-7H,1-4H2,(H,15,16)/t6-,7+/m1/s1. The molecular formula is C10H12F3NO3. The van der Waals surface area contributed by atoms with E-state index in [1.54, 1.807) is 0 Å². The van der Waals surface area contributed by atoms with Crippen LogP contribution in [0.25, 0.3) is 0 Å². The predicted molar refractivity (Wildman–Crippen MR) is 50.0 cm³/mol. The van der Waals surface area contributed by atoms with Crippen LogP contribution in [0.2, 0.25) is 0 Å². The second kappa shape index (κ2) is 3.89. The quantitative estimate of drug-likeness (QED) is 0.803. The van der Waals surface area contributed by atoms with Crippen molar-refractivity contribution < 1.29 is 27.9 Å². The molecule has 1 aliphatic carbocycles. The van der Waals surface area contributed by atoms with E-state index in [1.165, 1.54) is 0 Å². The summed E-state index contributed by atoms with van der Waals surface area (Å²) in [5.74, 6) is -3.95. The second-order valence-electron chi connectivity index (χ2n) is 4.56. The maximum atomic E-state index is 12.3. The first-order valence-corrected chi connectivity index (χ1v) is 5.43. The molecule has 2 aliphatic rings. The highest BCUT2D eigenvalue weighted by atomic mass is 19.4. The van der Waals surface area contributed by atoms with Gasteiger partial charge in [0.15, 0.2) is 0 Å². The molecule has 1 saturated carbocycles. The van der Waals surface area contributed by atoms with E-state index in [1.807, 2.05) is 0 Å². The highest BCUT2D eigenvalue weighted by molar-refractivity contribution is 5.84. The van der Waals surface area contributed by atoms with Crippen LogP contribution in [0.4, 0.5) is 13.2 Å². The number of aliphatic carboxylic acids is 1. The molecule has 1 saturated heterocycles. The molecule has 0 aromatic carbocycles. The molecule has 96 valence electrons. The number of likely N-dealkylation sites (tertiary alicyclic amines) is 1. The van der Waals surface area contributed by atoms with Gasteiger partial charge in [0.25, 0.3) is 0 Å². The first-order chi connectivity index (χ1) is 7.82. The minimum absolute atomic E-state index is 0.0788. The molecular weight excluding hydrogens is 239 g/mol. The summed E-state index contributed by atoms with van der Waals surface area (Å²) in [6, 6.07) is -0.776. The van der Waals surface area contributed by atoms with Gasteiger partial charge in [-0.3, -0.25) is 9.59 Å². The molecule has 1 N–H and O–H groups in total. The van der Waals surface area contributed by atoms with E-state index in [9.17, 15) is 22.8 Å². The number of carbonyl (C=O) groups excluding carboxylic acids is 1. The maximum absolute atomic E-state index is 12.3. The third-order valence-corrected chi connectivity index (χ3v) is 3.38. The number of halogens is 3. The minimum atomic E-state index is -4.92. The van der Waals surface area contributed by atoms with Gasteiger partial charge in [0.05, 0.1) is 5.92 Å². The Morgan fingerprint density at radius 2 is 1.76 bits per heavy atom. The van der Waals surface area contributed by atoms with Crippen LogP contribution in [0.5, 0.6) is 0 Å². The first-order valence-electron chi connectivity index (χ1n) is 5.43. The van der Waals surface area contributed by atoms with Gasteiger partial charge in [0.2, 0.25) is 0 Å². The molecule has 0 spiro atoms. The number of alkyl halides is 3. The summed E-state index contributed by atoms with van der Waals surface area (Å²) in [7, 11) is 0. The van der Waals surface area contributed by atoms with Gasteiger partial charge in [-0.05, 0) is 25.2 Å². The molecule has 0 aromatic rings. The van der Waals surface area contributed by atoms with Gasteiger partial charge in [-0.25, -0.2) is 0 Å². The molecule has 7 heteroatoms. The van der Waals surface area contributed by atoms with Gasteiger partial charge in [-0.1, -0.05) is 0 Å². The lowest BCUT2D eigenvalue weighted by Gasteiger charge is -2.27. The highest BCUT2D eigenvalue weighted by Crippen LogP contribution is 2.44. The van der Waals surface area contributed by atoms with Crippen LogP contribution in [-0.4, -0.2) is 40.6 Å². The summed E-state index contributed by atoms with van der Waals surface area (Å²) in [5, 5.41) is 8.94. The van der Waals surface area contributed by atoms with Gasteiger partial charge in [-0.15, -0.1) is 0 Å². The molecule has 2 rings (SSSR count). The van der Waals surface area contributed by atoms with E-state index in [0.29, 0.717) is 17.7 Å². The smallest absolute Gasteiger partial charge is 0.471 e. The van der Waals surface area contributed by atoms with Crippen LogP contribution in [0.3, 0.4) is 0 Å². The Hall–Kier alpha value is -1.27. The lowest BCUT2D eigenvalue weighted by Crippen LogP contribution is -2.47. The lowest BCUT2D eigenvalue weighted by molar-refractivity contribution is -0.187. The van der Waals surface area contributed by atoms with Gasteiger partial charge < -0.3 is 10.0 Å². The summed E-state index contributed by atoms with van der Waals surface area (Å²) in [6.07, 6.45) is -3.40. The summed E-state index contributed by atoms with van der Waals surface area (Å²) in [6.45, 7) is -0.115. The second-order valence-corrected chi connectivity index (χ2v) is 4.56. The number of hydrogen-bond acceptors (Lipinski definition) is 2. The van der Waals surface area contributed by atoms with E-state index in [-0.39, 0.29) is 18.9 Å². The molecule has 0 aromatic heterocycles. The fourth-order valence-electron chi connectivity index (χ4n) is 2.51. The number of hydrogen-bond donors (Lipinski definition) is 1. The molecule has 4 nitrogen and oxygen atoms in total. The monoisotopic (exact) mass is 251 g/mol. The van der Waals surface area contributed by atoms with Gasteiger partial charge in [-0.2, -0.15) is 13.2 Å². The fourth-order valence-corrected chi connectivity index (χ4v) is 2.51. The van der Waals surface area contributed by atoms with E-state index in [2.05, 4.69) is 0 Å². The van der Waals surface area contributed by atoms with Gasteiger partial charge in [0.1, 0.15) is 0 Å². The van der Waals surface area contributed by atoms with Crippen molar-refractivity contribution in [2.75, 3.05) is 6.54 Å². The van der Waals surface area contributed by atoms with E-state index in [0.717, 1.165) is 0 Å². The average Bonchev–Trinajstić information content (AvgIpc) is 2.94. The maximum Gasteiger partial charge on any atom is 0.471 e. The number of carboxylic acid groups (broad SMARTS) is 1. The Labute approximate surface area is 95.4 Å². The minimum Gasteiger partial charge on any atom is -0.481 e. The zero-order valence-corrected chi connectivity index (χ0v) is 8.91. The van der Waals surface area contributed by atoms with Crippen molar-refractivity contribution in [3.63, 3.8) is 0 Å². The summed E-state index contributed by atoms with van der Waals surface area (Å²) >= 11 is 0. The summed E-state index contributed by atoms with van der Waals surface area (Å²) in [4.78, 5) is 22.8. The molecule has 2 fully saturated rings. The van der Waals surface area contributed by atoms with Crippen LogP contribution in [0.1, 0.15) is 19.3 Å². The van der Waals surface area contributed by atoms with Crippen LogP contribution in [0.15, 0.2) is 0 Å². The van der Waals surface area contributed by atoms with Crippen LogP contribution in [-0.2, 0) is 9.59 Å². The van der Waals surface area contributed by atoms with E-state index >= 15 is 0 Å². The third kappa shape index (κ3) is 2.23. The Morgan fingerprint density at radius 1 is 1.18 bits per heavy atom. The average molecular weight is 251 g/mol. The number of carbonyl (C=O) groups is 2. The van der Waals surface area contributed by atoms with Crippen LogP contribution in [0, 0.1) is 11.8 Å². The van der Waals surface area contributed by atoms with Crippen molar-refractivity contribution in [1.82, 2.24) is 4.90 Å². The molecule has 2 atom stereocenters. The van der Waals surface area contributed by atoms with Crippen molar-refractivity contribution in [1.29, 1.82) is 0 Å². The molecule has 1 aliphatic heterocycles. The zero-order valence-electron chi connectivity index (χ0n) is 8.91. The molecule has 0 unspecified atom stereocenters. The number of carboxylic acids is 1. The Bertz CT molecular complexity index is 351. The largest absolute Gasteiger partial charge is 0.481 e. The Morgan fingerprint density at radius 3 is 2.18 bits per heavy atom. The van der Waals surface area contributed by atoms with Crippen LogP contribution >= 0.6 is 0 Å². The molecule has 0 radical (unpaired) electrons. The fraction of sp³-hybridized carbons (Fsp3) is 0.800. The van der Waals surface area contributed by atoms with Gasteiger partial charge >= 0.3 is 18.1 Å². The van der Waals surface area contributed by atoms with Crippen molar-refractivity contribution in [2.24, 2.45) is 11.8 Å². The topological polar surface area (TPSA) is 57.6 Å². The number of nitrogens with zero attached hydrogens (tertiary/aromatic N) is 1.